The first-order chi connectivity index (χ1) is 8.72. The molecule has 1 aliphatic carbocycles. The predicted molar refractivity (Wildman–Crippen MR) is 65.9 cm³/mol. The van der Waals surface area contributed by atoms with Crippen LogP contribution in [0.5, 0.6) is 0 Å². The van der Waals surface area contributed by atoms with E-state index in [1.54, 1.807) is 0 Å². The van der Waals surface area contributed by atoms with Crippen LogP contribution in [0.3, 0.4) is 0 Å². The van der Waals surface area contributed by atoms with E-state index in [4.69, 9.17) is 5.11 Å². The summed E-state index contributed by atoms with van der Waals surface area (Å²) in [6, 6.07) is 0.00507. The van der Waals surface area contributed by atoms with Gasteiger partial charge < -0.3 is 15.3 Å². The summed E-state index contributed by atoms with van der Waals surface area (Å²) in [7, 11) is 0. The number of nitrogens with one attached hydrogen (secondary N) is 2. The van der Waals surface area contributed by atoms with E-state index < -0.39 is 0 Å². The Morgan fingerprint density at radius 1 is 1.44 bits per heavy atom. The van der Waals surface area contributed by atoms with E-state index in [-0.39, 0.29) is 31.0 Å². The third-order valence-electron chi connectivity index (χ3n) is 3.67. The highest BCUT2D eigenvalue weighted by Gasteiger charge is 2.33. The molecule has 6 heteroatoms. The zero-order valence-electron chi connectivity index (χ0n) is 10.5. The van der Waals surface area contributed by atoms with Crippen LogP contribution in [-0.2, 0) is 9.59 Å². The molecule has 18 heavy (non-hydrogen) atoms. The fraction of sp³-hybridized carbons (Fsp3) is 0.833. The van der Waals surface area contributed by atoms with Crippen molar-refractivity contribution >= 4 is 11.8 Å². The molecule has 1 aliphatic heterocycles. The highest BCUT2D eigenvalue weighted by molar-refractivity contribution is 5.87. The van der Waals surface area contributed by atoms with E-state index in [0.29, 0.717) is 25.6 Å². The molecular formula is C12H21N3O3. The molecule has 1 saturated heterocycles. The first-order valence-electron chi connectivity index (χ1n) is 6.64. The second-order valence-corrected chi connectivity index (χ2v) is 4.93. The minimum Gasteiger partial charge on any atom is -0.396 e. The number of nitrogens with zero attached hydrogens (tertiary/aromatic N) is 1. The minimum atomic E-state index is -0.318. The van der Waals surface area contributed by atoms with E-state index >= 15 is 0 Å². The molecule has 1 saturated carbocycles. The van der Waals surface area contributed by atoms with Crippen molar-refractivity contribution in [3.8, 4) is 0 Å². The number of piperazine rings is 1. The Labute approximate surface area is 107 Å². The molecular weight excluding hydrogens is 234 g/mol. The lowest BCUT2D eigenvalue weighted by molar-refractivity contribution is -0.138. The van der Waals surface area contributed by atoms with Gasteiger partial charge >= 0.3 is 0 Å². The SMILES string of the molecule is O=C1CNC(C(=O)N(CCCO)C2CCC2)CN1. The lowest BCUT2D eigenvalue weighted by Crippen LogP contribution is -2.60. The van der Waals surface area contributed by atoms with Gasteiger partial charge in [0, 0.05) is 25.7 Å². The molecule has 0 aromatic carbocycles. The minimum absolute atomic E-state index is 0.0492. The third-order valence-corrected chi connectivity index (χ3v) is 3.67. The molecule has 1 atom stereocenters. The summed E-state index contributed by atoms with van der Waals surface area (Å²) in [5.74, 6) is -0.0160. The summed E-state index contributed by atoms with van der Waals surface area (Å²) in [4.78, 5) is 25.3. The van der Waals surface area contributed by atoms with Crippen molar-refractivity contribution in [1.82, 2.24) is 15.5 Å². The van der Waals surface area contributed by atoms with Crippen LogP contribution in [0, 0.1) is 0 Å². The molecule has 1 heterocycles. The third kappa shape index (κ3) is 3.00. The van der Waals surface area contributed by atoms with E-state index in [9.17, 15) is 9.59 Å². The summed E-state index contributed by atoms with van der Waals surface area (Å²) in [6.07, 6.45) is 3.89. The molecule has 102 valence electrons. The maximum atomic E-state index is 12.4. The van der Waals surface area contributed by atoms with Gasteiger partial charge in [0.05, 0.1) is 6.54 Å². The van der Waals surface area contributed by atoms with Crippen LogP contribution in [0.15, 0.2) is 0 Å². The number of hydrogen-bond acceptors (Lipinski definition) is 4. The number of carbonyl (C=O) groups is 2. The number of rotatable bonds is 5. The van der Waals surface area contributed by atoms with Crippen LogP contribution in [0.2, 0.25) is 0 Å². The molecule has 0 spiro atoms. The smallest absolute Gasteiger partial charge is 0.241 e. The number of carbonyl (C=O) groups excluding carboxylic acids is 2. The first-order valence-corrected chi connectivity index (χ1v) is 6.64. The van der Waals surface area contributed by atoms with E-state index in [2.05, 4.69) is 10.6 Å². The Morgan fingerprint density at radius 2 is 2.22 bits per heavy atom. The second kappa shape index (κ2) is 6.15. The van der Waals surface area contributed by atoms with Crippen LogP contribution in [0.25, 0.3) is 0 Å². The zero-order valence-corrected chi connectivity index (χ0v) is 10.5. The summed E-state index contributed by atoms with van der Waals surface area (Å²) in [6.45, 7) is 1.27. The fourth-order valence-corrected chi connectivity index (χ4v) is 2.35. The number of aliphatic hydroxyl groups excluding tert-OH is 1. The molecule has 0 aromatic rings. The maximum absolute atomic E-state index is 12.4. The van der Waals surface area contributed by atoms with Gasteiger partial charge in [0.1, 0.15) is 6.04 Å². The monoisotopic (exact) mass is 255 g/mol. The molecule has 0 aromatic heterocycles. The average Bonchev–Trinajstić information content (AvgIpc) is 2.32. The second-order valence-electron chi connectivity index (χ2n) is 4.93. The lowest BCUT2D eigenvalue weighted by Gasteiger charge is -2.40. The summed E-state index contributed by atoms with van der Waals surface area (Å²) >= 11 is 0. The summed E-state index contributed by atoms with van der Waals surface area (Å²) in [5, 5.41) is 14.6. The Kier molecular flexibility index (Phi) is 4.54. The molecule has 2 rings (SSSR count). The van der Waals surface area contributed by atoms with Gasteiger partial charge in [0.25, 0.3) is 0 Å². The number of amides is 2. The van der Waals surface area contributed by atoms with Crippen molar-refractivity contribution < 1.29 is 14.7 Å². The van der Waals surface area contributed by atoms with Gasteiger partial charge in [-0.05, 0) is 25.7 Å². The molecule has 0 bridgehead atoms. The molecule has 2 amide bonds. The Morgan fingerprint density at radius 3 is 2.72 bits per heavy atom. The van der Waals surface area contributed by atoms with E-state index in [0.717, 1.165) is 12.8 Å². The highest BCUT2D eigenvalue weighted by Crippen LogP contribution is 2.25. The molecule has 2 fully saturated rings. The van der Waals surface area contributed by atoms with Crippen molar-refractivity contribution in [2.45, 2.75) is 37.8 Å². The molecule has 1 unspecified atom stereocenters. The van der Waals surface area contributed by atoms with Crippen LogP contribution in [0.4, 0.5) is 0 Å². The Bertz CT molecular complexity index is 308. The van der Waals surface area contributed by atoms with Crippen LogP contribution in [-0.4, -0.2) is 60.1 Å². The topological polar surface area (TPSA) is 81.7 Å². The summed E-state index contributed by atoms with van der Waals surface area (Å²) in [5.41, 5.74) is 0. The van der Waals surface area contributed by atoms with Gasteiger partial charge in [-0.15, -0.1) is 0 Å². The normalized spacial score (nSPS) is 24.3. The first kappa shape index (κ1) is 13.3. The lowest BCUT2D eigenvalue weighted by atomic mass is 9.90. The Hall–Kier alpha value is -1.14. The van der Waals surface area contributed by atoms with Crippen LogP contribution < -0.4 is 10.6 Å². The van der Waals surface area contributed by atoms with Crippen LogP contribution >= 0.6 is 0 Å². The van der Waals surface area contributed by atoms with E-state index in [1.165, 1.54) is 6.42 Å². The number of hydrogen-bond donors (Lipinski definition) is 3. The van der Waals surface area contributed by atoms with Crippen molar-refractivity contribution in [2.24, 2.45) is 0 Å². The van der Waals surface area contributed by atoms with Crippen LogP contribution in [0.1, 0.15) is 25.7 Å². The largest absolute Gasteiger partial charge is 0.396 e. The quantitative estimate of drug-likeness (QED) is 0.579. The molecule has 2 aliphatic rings. The molecule has 0 radical (unpaired) electrons. The van der Waals surface area contributed by atoms with Gasteiger partial charge in [-0.1, -0.05) is 0 Å². The Balaban J connectivity index is 1.91. The van der Waals surface area contributed by atoms with Crippen molar-refractivity contribution in [1.29, 1.82) is 0 Å². The predicted octanol–water partition coefficient (Wildman–Crippen LogP) is -1.16. The number of aliphatic hydroxyl groups is 1. The fourth-order valence-electron chi connectivity index (χ4n) is 2.35. The average molecular weight is 255 g/mol. The van der Waals surface area contributed by atoms with Gasteiger partial charge in [0.15, 0.2) is 0 Å². The standard InChI is InChI=1S/C12H21N3O3/c16-6-2-5-15(9-3-1-4-9)12(18)10-7-14-11(17)8-13-10/h9-10,13,16H,1-8H2,(H,14,17). The van der Waals surface area contributed by atoms with Crippen molar-refractivity contribution in [3.63, 3.8) is 0 Å². The highest BCUT2D eigenvalue weighted by atomic mass is 16.3. The van der Waals surface area contributed by atoms with Crippen molar-refractivity contribution in [3.05, 3.63) is 0 Å². The maximum Gasteiger partial charge on any atom is 0.241 e. The van der Waals surface area contributed by atoms with Gasteiger partial charge in [-0.3, -0.25) is 14.9 Å². The van der Waals surface area contributed by atoms with E-state index in [1.807, 2.05) is 4.90 Å². The van der Waals surface area contributed by atoms with Gasteiger partial charge in [-0.2, -0.15) is 0 Å². The zero-order chi connectivity index (χ0) is 13.0. The van der Waals surface area contributed by atoms with Gasteiger partial charge in [0.2, 0.25) is 11.8 Å². The van der Waals surface area contributed by atoms with Crippen molar-refractivity contribution in [2.75, 3.05) is 26.2 Å². The molecule has 3 N–H and O–H groups in total. The van der Waals surface area contributed by atoms with Gasteiger partial charge in [-0.25, -0.2) is 0 Å². The summed E-state index contributed by atoms with van der Waals surface area (Å²) < 4.78 is 0. The molecule has 6 nitrogen and oxygen atoms in total.